The zero-order chi connectivity index (χ0) is 13.4. The summed E-state index contributed by atoms with van der Waals surface area (Å²) < 4.78 is 0. The van der Waals surface area contributed by atoms with Crippen molar-refractivity contribution in [2.75, 3.05) is 6.54 Å². The predicted octanol–water partition coefficient (Wildman–Crippen LogP) is 5.09. The Kier molecular flexibility index (Phi) is 7.73. The summed E-state index contributed by atoms with van der Waals surface area (Å²) in [6, 6.07) is 6.37. The second kappa shape index (κ2) is 8.79. The molecule has 18 heavy (non-hydrogen) atoms. The summed E-state index contributed by atoms with van der Waals surface area (Å²) in [5.41, 5.74) is 1.19. The smallest absolute Gasteiger partial charge is 0.0452 e. The maximum atomic E-state index is 6.19. The largest absolute Gasteiger partial charge is 0.314 e. The van der Waals surface area contributed by atoms with E-state index in [0.29, 0.717) is 11.1 Å². The maximum absolute atomic E-state index is 6.19. The molecule has 1 nitrogen and oxygen atoms in total. The lowest BCUT2D eigenvalue weighted by atomic mass is 10.0. The summed E-state index contributed by atoms with van der Waals surface area (Å²) in [6.45, 7) is 5.53. The van der Waals surface area contributed by atoms with E-state index in [1.165, 1.54) is 24.8 Å². The number of rotatable bonds is 8. The van der Waals surface area contributed by atoms with Gasteiger partial charge in [-0.25, -0.2) is 0 Å². The van der Waals surface area contributed by atoms with Crippen LogP contribution in [0.2, 0.25) is 10.0 Å². The van der Waals surface area contributed by atoms with Crippen LogP contribution in [0.3, 0.4) is 0 Å². The molecule has 0 saturated heterocycles. The molecule has 0 aliphatic heterocycles. The van der Waals surface area contributed by atoms with E-state index in [4.69, 9.17) is 23.2 Å². The minimum absolute atomic E-state index is 0.599. The van der Waals surface area contributed by atoms with Crippen LogP contribution >= 0.6 is 23.2 Å². The van der Waals surface area contributed by atoms with Crippen LogP contribution in [0.15, 0.2) is 18.2 Å². The van der Waals surface area contributed by atoms with Gasteiger partial charge in [-0.2, -0.15) is 0 Å². The zero-order valence-electron chi connectivity index (χ0n) is 11.3. The van der Waals surface area contributed by atoms with Crippen LogP contribution in [0.4, 0.5) is 0 Å². The minimum Gasteiger partial charge on any atom is -0.314 e. The van der Waals surface area contributed by atoms with Gasteiger partial charge in [-0.05, 0) is 49.9 Å². The SMILES string of the molecule is CCCNC(CCC)CCc1ccc(Cl)cc1Cl. The fourth-order valence-electron chi connectivity index (χ4n) is 2.10. The molecule has 1 aromatic carbocycles. The third-order valence-corrected chi connectivity index (χ3v) is 3.68. The van der Waals surface area contributed by atoms with Crippen LogP contribution in [0, 0.1) is 0 Å². The normalized spacial score (nSPS) is 12.7. The summed E-state index contributed by atoms with van der Waals surface area (Å²) in [4.78, 5) is 0. The molecule has 0 aromatic heterocycles. The molecule has 3 heteroatoms. The number of hydrogen-bond donors (Lipinski definition) is 1. The fourth-order valence-corrected chi connectivity index (χ4v) is 2.60. The van der Waals surface area contributed by atoms with Crippen LogP contribution in [0.25, 0.3) is 0 Å². The van der Waals surface area contributed by atoms with Crippen molar-refractivity contribution in [1.29, 1.82) is 0 Å². The first-order chi connectivity index (χ1) is 8.67. The molecular weight excluding hydrogens is 265 g/mol. The molecule has 0 heterocycles. The molecule has 0 aliphatic carbocycles. The van der Waals surface area contributed by atoms with E-state index in [2.05, 4.69) is 19.2 Å². The molecule has 0 radical (unpaired) electrons. The third-order valence-electron chi connectivity index (χ3n) is 3.10. The average molecular weight is 288 g/mol. The molecule has 0 saturated carbocycles. The molecule has 0 spiro atoms. The van der Waals surface area contributed by atoms with Crippen LogP contribution in [0.1, 0.15) is 45.1 Å². The molecule has 0 amide bonds. The monoisotopic (exact) mass is 287 g/mol. The minimum atomic E-state index is 0.599. The Labute approximate surface area is 121 Å². The summed E-state index contributed by atoms with van der Waals surface area (Å²) >= 11 is 12.1. The summed E-state index contributed by atoms with van der Waals surface area (Å²) in [6.07, 6.45) is 5.77. The van der Waals surface area contributed by atoms with Crippen molar-refractivity contribution in [3.8, 4) is 0 Å². The Balaban J connectivity index is 2.49. The molecule has 0 aliphatic rings. The van der Waals surface area contributed by atoms with Gasteiger partial charge in [0.05, 0.1) is 0 Å². The fraction of sp³-hybridized carbons (Fsp3) is 0.600. The van der Waals surface area contributed by atoms with Crippen LogP contribution in [0.5, 0.6) is 0 Å². The second-order valence-electron chi connectivity index (χ2n) is 4.71. The topological polar surface area (TPSA) is 12.0 Å². The Morgan fingerprint density at radius 2 is 1.89 bits per heavy atom. The highest BCUT2D eigenvalue weighted by Crippen LogP contribution is 2.22. The molecule has 102 valence electrons. The molecule has 0 fully saturated rings. The van der Waals surface area contributed by atoms with Gasteiger partial charge in [0.1, 0.15) is 0 Å². The van der Waals surface area contributed by atoms with E-state index in [1.807, 2.05) is 18.2 Å². The van der Waals surface area contributed by atoms with E-state index in [0.717, 1.165) is 24.4 Å². The van der Waals surface area contributed by atoms with Gasteiger partial charge in [-0.3, -0.25) is 0 Å². The Morgan fingerprint density at radius 3 is 2.50 bits per heavy atom. The van der Waals surface area contributed by atoms with Gasteiger partial charge < -0.3 is 5.32 Å². The van der Waals surface area contributed by atoms with Gasteiger partial charge >= 0.3 is 0 Å². The lowest BCUT2D eigenvalue weighted by Crippen LogP contribution is -2.30. The second-order valence-corrected chi connectivity index (χ2v) is 5.56. The lowest BCUT2D eigenvalue weighted by molar-refractivity contribution is 0.449. The quantitative estimate of drug-likeness (QED) is 0.702. The molecule has 1 unspecified atom stereocenters. The zero-order valence-corrected chi connectivity index (χ0v) is 12.8. The van der Waals surface area contributed by atoms with Crippen molar-refractivity contribution < 1.29 is 0 Å². The number of aryl methyl sites for hydroxylation is 1. The molecular formula is C15H23Cl2N. The van der Waals surface area contributed by atoms with Crippen molar-refractivity contribution in [3.63, 3.8) is 0 Å². The summed E-state index contributed by atoms with van der Waals surface area (Å²) in [5.74, 6) is 0. The van der Waals surface area contributed by atoms with Gasteiger partial charge in [-0.15, -0.1) is 0 Å². The highest BCUT2D eigenvalue weighted by molar-refractivity contribution is 6.35. The van der Waals surface area contributed by atoms with E-state index in [-0.39, 0.29) is 0 Å². The molecule has 1 atom stereocenters. The van der Waals surface area contributed by atoms with Crippen molar-refractivity contribution in [2.24, 2.45) is 0 Å². The molecule has 1 rings (SSSR count). The van der Waals surface area contributed by atoms with Crippen molar-refractivity contribution >= 4 is 23.2 Å². The number of nitrogens with one attached hydrogen (secondary N) is 1. The van der Waals surface area contributed by atoms with Crippen LogP contribution in [-0.2, 0) is 6.42 Å². The van der Waals surface area contributed by atoms with Crippen LogP contribution < -0.4 is 5.32 Å². The highest BCUT2D eigenvalue weighted by atomic mass is 35.5. The molecule has 1 N–H and O–H groups in total. The van der Waals surface area contributed by atoms with Crippen molar-refractivity contribution in [1.82, 2.24) is 5.32 Å². The van der Waals surface area contributed by atoms with Gasteiger partial charge in [0.25, 0.3) is 0 Å². The molecule has 0 bridgehead atoms. The predicted molar refractivity (Wildman–Crippen MR) is 81.8 cm³/mol. The standard InChI is InChI=1S/C15H23Cl2N/c1-3-5-14(18-10-4-2)9-7-12-6-8-13(16)11-15(12)17/h6,8,11,14,18H,3-5,7,9-10H2,1-2H3. The van der Waals surface area contributed by atoms with E-state index >= 15 is 0 Å². The van der Waals surface area contributed by atoms with E-state index in [9.17, 15) is 0 Å². The van der Waals surface area contributed by atoms with Gasteiger partial charge in [-0.1, -0.05) is 49.5 Å². The number of halogens is 2. The van der Waals surface area contributed by atoms with Crippen molar-refractivity contribution in [2.45, 2.75) is 52.0 Å². The van der Waals surface area contributed by atoms with Gasteiger partial charge in [0, 0.05) is 16.1 Å². The lowest BCUT2D eigenvalue weighted by Gasteiger charge is -2.18. The molecule has 1 aromatic rings. The highest BCUT2D eigenvalue weighted by Gasteiger charge is 2.08. The van der Waals surface area contributed by atoms with Gasteiger partial charge in [0.15, 0.2) is 0 Å². The summed E-state index contributed by atoms with van der Waals surface area (Å²) in [5, 5.41) is 5.09. The maximum Gasteiger partial charge on any atom is 0.0452 e. The summed E-state index contributed by atoms with van der Waals surface area (Å²) in [7, 11) is 0. The van der Waals surface area contributed by atoms with Crippen LogP contribution in [-0.4, -0.2) is 12.6 Å². The first-order valence-corrected chi connectivity index (χ1v) is 7.60. The Bertz CT molecular complexity index is 352. The number of benzene rings is 1. The Morgan fingerprint density at radius 1 is 1.11 bits per heavy atom. The first-order valence-electron chi connectivity index (χ1n) is 6.84. The Hall–Kier alpha value is -0.240. The van der Waals surface area contributed by atoms with Gasteiger partial charge in [0.2, 0.25) is 0 Å². The van der Waals surface area contributed by atoms with Crippen molar-refractivity contribution in [3.05, 3.63) is 33.8 Å². The van der Waals surface area contributed by atoms with E-state index in [1.54, 1.807) is 0 Å². The third kappa shape index (κ3) is 5.60. The number of hydrogen-bond acceptors (Lipinski definition) is 1. The average Bonchev–Trinajstić information content (AvgIpc) is 2.34. The first kappa shape index (κ1) is 15.8. The van der Waals surface area contributed by atoms with E-state index < -0.39 is 0 Å².